The Morgan fingerprint density at radius 2 is 1.83 bits per heavy atom. The molecule has 0 radical (unpaired) electrons. The highest BCUT2D eigenvalue weighted by molar-refractivity contribution is 5.83. The van der Waals surface area contributed by atoms with Crippen molar-refractivity contribution in [2.24, 2.45) is 29.1 Å². The van der Waals surface area contributed by atoms with E-state index < -0.39 is 0 Å². The van der Waals surface area contributed by atoms with Crippen LogP contribution in [0.1, 0.15) is 64.6 Å². The standard InChI is InChI=1S/C25H35N3O/c1-3-17(2)16-28-22-7-5-4-6-21(22)27-23(28)8-9-26-24(29)25-13-18-10-19(14-25)12-20(11-18)15-25/h4-7,17-20H,3,8-16H2,1-2H3,(H,26,29). The minimum Gasteiger partial charge on any atom is -0.355 e. The highest BCUT2D eigenvalue weighted by Crippen LogP contribution is 2.60. The van der Waals surface area contributed by atoms with Gasteiger partial charge in [-0.15, -0.1) is 0 Å². The van der Waals surface area contributed by atoms with Crippen LogP contribution in [0.5, 0.6) is 0 Å². The summed E-state index contributed by atoms with van der Waals surface area (Å²) in [6.07, 6.45) is 9.52. The van der Waals surface area contributed by atoms with E-state index in [1.807, 2.05) is 0 Å². The fourth-order valence-electron chi connectivity index (χ4n) is 6.82. The first kappa shape index (κ1) is 19.1. The number of nitrogens with one attached hydrogen (secondary N) is 1. The van der Waals surface area contributed by atoms with Crippen LogP contribution >= 0.6 is 0 Å². The zero-order valence-electron chi connectivity index (χ0n) is 18.0. The molecule has 1 aromatic carbocycles. The number of nitrogens with zero attached hydrogens (tertiary/aromatic N) is 2. The number of para-hydroxylation sites is 2. The van der Waals surface area contributed by atoms with Gasteiger partial charge in [-0.3, -0.25) is 4.79 Å². The van der Waals surface area contributed by atoms with Crippen LogP contribution in [-0.2, 0) is 17.8 Å². The van der Waals surface area contributed by atoms with Crippen molar-refractivity contribution in [2.75, 3.05) is 6.54 Å². The van der Waals surface area contributed by atoms with Crippen LogP contribution in [0.2, 0.25) is 0 Å². The summed E-state index contributed by atoms with van der Waals surface area (Å²) < 4.78 is 2.38. The van der Waals surface area contributed by atoms with E-state index in [9.17, 15) is 4.79 Å². The van der Waals surface area contributed by atoms with E-state index in [1.165, 1.54) is 24.8 Å². The number of benzene rings is 1. The lowest BCUT2D eigenvalue weighted by Gasteiger charge is -2.55. The van der Waals surface area contributed by atoms with E-state index in [-0.39, 0.29) is 5.41 Å². The summed E-state index contributed by atoms with van der Waals surface area (Å²) in [6.45, 7) is 6.24. The third kappa shape index (κ3) is 3.49. The molecule has 2 aromatic rings. The lowest BCUT2D eigenvalue weighted by atomic mass is 9.49. The molecule has 4 nitrogen and oxygen atoms in total. The van der Waals surface area contributed by atoms with Gasteiger partial charge in [-0.1, -0.05) is 32.4 Å². The number of hydrogen-bond acceptors (Lipinski definition) is 2. The number of imidazole rings is 1. The first-order chi connectivity index (χ1) is 14.1. The van der Waals surface area contributed by atoms with Crippen molar-refractivity contribution in [3.05, 3.63) is 30.1 Å². The molecule has 4 heteroatoms. The molecule has 156 valence electrons. The lowest BCUT2D eigenvalue weighted by molar-refractivity contribution is -0.146. The zero-order chi connectivity index (χ0) is 20.0. The minimum absolute atomic E-state index is 0.0500. The lowest BCUT2D eigenvalue weighted by Crippen LogP contribution is -2.53. The molecule has 4 saturated carbocycles. The third-order valence-corrected chi connectivity index (χ3v) is 8.08. The Morgan fingerprint density at radius 3 is 2.48 bits per heavy atom. The molecule has 1 amide bonds. The molecule has 4 bridgehead atoms. The van der Waals surface area contributed by atoms with Gasteiger partial charge >= 0.3 is 0 Å². The quantitative estimate of drug-likeness (QED) is 0.723. The first-order valence-corrected chi connectivity index (χ1v) is 11.8. The van der Waals surface area contributed by atoms with Crippen molar-refractivity contribution < 1.29 is 4.79 Å². The Bertz CT molecular complexity index is 863. The molecule has 4 aliphatic rings. The molecule has 1 aromatic heterocycles. The zero-order valence-corrected chi connectivity index (χ0v) is 18.0. The Hall–Kier alpha value is -1.84. The number of rotatable bonds is 7. The van der Waals surface area contributed by atoms with Gasteiger partial charge in [0.2, 0.25) is 5.91 Å². The average molecular weight is 394 g/mol. The van der Waals surface area contributed by atoms with Gasteiger partial charge in [0.05, 0.1) is 11.0 Å². The van der Waals surface area contributed by atoms with Gasteiger partial charge in [0.25, 0.3) is 0 Å². The van der Waals surface area contributed by atoms with Crippen LogP contribution < -0.4 is 5.32 Å². The second-order valence-electron chi connectivity index (χ2n) is 10.3. The molecule has 4 fully saturated rings. The Labute approximate surface area is 174 Å². The van der Waals surface area contributed by atoms with Crippen molar-refractivity contribution >= 4 is 16.9 Å². The van der Waals surface area contributed by atoms with Gasteiger partial charge in [0.15, 0.2) is 0 Å². The minimum atomic E-state index is -0.0500. The number of fused-ring (bicyclic) bond motifs is 1. The average Bonchev–Trinajstić information content (AvgIpc) is 3.04. The van der Waals surface area contributed by atoms with E-state index in [0.717, 1.165) is 67.7 Å². The summed E-state index contributed by atoms with van der Waals surface area (Å²) in [5.41, 5.74) is 2.24. The van der Waals surface area contributed by atoms with Crippen LogP contribution in [0, 0.1) is 29.1 Å². The van der Waals surface area contributed by atoms with Crippen molar-refractivity contribution in [3.63, 3.8) is 0 Å². The van der Waals surface area contributed by atoms with Crippen molar-refractivity contribution in [3.8, 4) is 0 Å². The molecular formula is C25H35N3O. The van der Waals surface area contributed by atoms with E-state index in [0.29, 0.717) is 18.4 Å². The summed E-state index contributed by atoms with van der Waals surface area (Å²) in [5.74, 6) is 4.50. The fraction of sp³-hybridized carbons (Fsp3) is 0.680. The largest absolute Gasteiger partial charge is 0.355 e. The second-order valence-corrected chi connectivity index (χ2v) is 10.3. The molecule has 0 spiro atoms. The summed E-state index contributed by atoms with van der Waals surface area (Å²) in [6, 6.07) is 8.42. The molecule has 6 rings (SSSR count). The third-order valence-electron chi connectivity index (χ3n) is 8.08. The predicted octanol–water partition coefficient (Wildman–Crippen LogP) is 4.96. The monoisotopic (exact) mass is 393 g/mol. The van der Waals surface area contributed by atoms with Crippen molar-refractivity contribution in [1.29, 1.82) is 0 Å². The molecular weight excluding hydrogens is 358 g/mol. The number of hydrogen-bond donors (Lipinski definition) is 1. The highest BCUT2D eigenvalue weighted by Gasteiger charge is 2.54. The normalized spacial score (nSPS) is 31.3. The summed E-state index contributed by atoms with van der Waals surface area (Å²) in [4.78, 5) is 18.1. The smallest absolute Gasteiger partial charge is 0.226 e. The molecule has 1 unspecified atom stereocenters. The Kier molecular flexibility index (Phi) is 4.92. The summed E-state index contributed by atoms with van der Waals surface area (Å²) in [5, 5.41) is 3.33. The van der Waals surface area contributed by atoms with Crippen molar-refractivity contribution in [1.82, 2.24) is 14.9 Å². The molecule has 1 heterocycles. The van der Waals surface area contributed by atoms with Crippen molar-refractivity contribution in [2.45, 2.75) is 71.8 Å². The van der Waals surface area contributed by atoms with Gasteiger partial charge in [0, 0.05) is 24.9 Å². The number of carbonyl (C=O) groups is 1. The number of amides is 1. The molecule has 1 atom stereocenters. The van der Waals surface area contributed by atoms with Gasteiger partial charge in [0.1, 0.15) is 5.82 Å². The van der Waals surface area contributed by atoms with E-state index in [4.69, 9.17) is 4.98 Å². The van der Waals surface area contributed by atoms with Crippen LogP contribution in [0.4, 0.5) is 0 Å². The number of aromatic nitrogens is 2. The molecule has 0 aliphatic heterocycles. The summed E-state index contributed by atoms with van der Waals surface area (Å²) >= 11 is 0. The van der Waals surface area contributed by atoms with E-state index >= 15 is 0 Å². The summed E-state index contributed by atoms with van der Waals surface area (Å²) in [7, 11) is 0. The molecule has 4 aliphatic carbocycles. The Morgan fingerprint density at radius 1 is 1.17 bits per heavy atom. The van der Waals surface area contributed by atoms with Crippen LogP contribution in [0.3, 0.4) is 0 Å². The fourth-order valence-corrected chi connectivity index (χ4v) is 6.82. The van der Waals surface area contributed by atoms with E-state index in [1.54, 1.807) is 0 Å². The van der Waals surface area contributed by atoms with Gasteiger partial charge in [-0.25, -0.2) is 4.98 Å². The van der Waals surface area contributed by atoms with Gasteiger partial charge in [-0.05, 0) is 74.3 Å². The molecule has 1 N–H and O–H groups in total. The van der Waals surface area contributed by atoms with E-state index in [2.05, 4.69) is 48.0 Å². The topological polar surface area (TPSA) is 46.9 Å². The second kappa shape index (κ2) is 7.45. The van der Waals surface area contributed by atoms with Crippen LogP contribution in [0.25, 0.3) is 11.0 Å². The maximum absolute atomic E-state index is 13.2. The molecule has 0 saturated heterocycles. The first-order valence-electron chi connectivity index (χ1n) is 11.8. The Balaban J connectivity index is 1.27. The maximum atomic E-state index is 13.2. The SMILES string of the molecule is CCC(C)Cn1c(CCNC(=O)C23CC4CC(CC(C4)C2)C3)nc2ccccc21. The highest BCUT2D eigenvalue weighted by atomic mass is 16.2. The maximum Gasteiger partial charge on any atom is 0.226 e. The molecule has 29 heavy (non-hydrogen) atoms. The van der Waals surface area contributed by atoms with Crippen LogP contribution in [0.15, 0.2) is 24.3 Å². The van der Waals surface area contributed by atoms with Crippen LogP contribution in [-0.4, -0.2) is 22.0 Å². The van der Waals surface area contributed by atoms with Gasteiger partial charge < -0.3 is 9.88 Å². The predicted molar refractivity (Wildman–Crippen MR) is 117 cm³/mol. The number of carbonyl (C=O) groups excluding carboxylic acids is 1. The van der Waals surface area contributed by atoms with Gasteiger partial charge in [-0.2, -0.15) is 0 Å².